The van der Waals surface area contributed by atoms with Crippen molar-refractivity contribution >= 4 is 66.3 Å². The monoisotopic (exact) mass is 691 g/mol. The van der Waals surface area contributed by atoms with E-state index in [0.717, 1.165) is 18.6 Å². The molecule has 1 atom stereocenters. The summed E-state index contributed by atoms with van der Waals surface area (Å²) in [6.45, 7) is 0.610. The van der Waals surface area contributed by atoms with Gasteiger partial charge in [-0.2, -0.15) is 17.9 Å². The highest BCUT2D eigenvalue weighted by atomic mass is 35.5. The number of hydrogen-bond donors (Lipinski definition) is 3. The van der Waals surface area contributed by atoms with Crippen molar-refractivity contribution in [3.8, 4) is 10.4 Å². The number of amides is 1. The van der Waals surface area contributed by atoms with Gasteiger partial charge >= 0.3 is 12.1 Å². The van der Waals surface area contributed by atoms with Gasteiger partial charge in [-0.3, -0.25) is 9.59 Å². The minimum atomic E-state index is -4.88. The molecule has 1 aromatic heterocycles. The molecule has 10 nitrogen and oxygen atoms in total. The number of rotatable bonds is 9. The number of carboxylic acids is 1. The Hall–Kier alpha value is -1.98. The second-order valence-corrected chi connectivity index (χ2v) is 15.8. The van der Waals surface area contributed by atoms with Gasteiger partial charge in [-0.1, -0.05) is 48.5 Å². The zero-order chi connectivity index (χ0) is 31.2. The Morgan fingerprint density at radius 2 is 1.69 bits per heavy atom. The van der Waals surface area contributed by atoms with E-state index in [1.54, 1.807) is 0 Å². The molecule has 1 aromatic carbocycles. The van der Waals surface area contributed by atoms with Crippen molar-refractivity contribution in [3.05, 3.63) is 27.2 Å². The Kier molecular flexibility index (Phi) is 9.56. The molecule has 0 spiro atoms. The summed E-state index contributed by atoms with van der Waals surface area (Å²) in [6.07, 6.45) is -1.53. The van der Waals surface area contributed by atoms with Gasteiger partial charge in [-0.05, 0) is 38.7 Å². The van der Waals surface area contributed by atoms with Gasteiger partial charge in [0.1, 0.15) is 10.9 Å². The van der Waals surface area contributed by atoms with Gasteiger partial charge in [0.05, 0.1) is 26.1 Å². The van der Waals surface area contributed by atoms with Crippen LogP contribution in [0.3, 0.4) is 0 Å². The molecule has 0 radical (unpaired) electrons. The summed E-state index contributed by atoms with van der Waals surface area (Å²) in [5, 5.41) is 9.13. The second-order valence-electron chi connectivity index (χ2n) is 10.3. The maximum Gasteiger partial charge on any atom is 0.404 e. The summed E-state index contributed by atoms with van der Waals surface area (Å²) in [5.41, 5.74) is -0.0787. The van der Waals surface area contributed by atoms with Gasteiger partial charge in [-0.15, -0.1) is 11.3 Å². The minimum Gasteiger partial charge on any atom is -0.481 e. The fraction of sp³-hybridized carbons (Fsp3) is 0.542. The first-order valence-corrected chi connectivity index (χ1v) is 17.4. The lowest BCUT2D eigenvalue weighted by Crippen LogP contribution is -2.46. The lowest BCUT2D eigenvalue weighted by Gasteiger charge is -2.32. The third-order valence-electron chi connectivity index (χ3n) is 7.28. The SMILES string of the molecule is C[C@H](NS(=O)(=O)c1ccc(-c2sc(C(=O)NC3CC(C(=O)O)C3)nc2S(=O)(=O)C2CCCCC2)c(Cl)c1Cl)C(F)(F)F. The molecule has 0 aliphatic heterocycles. The van der Waals surface area contributed by atoms with Crippen LogP contribution in [-0.4, -0.2) is 62.3 Å². The number of sulfonamides is 1. The first-order chi connectivity index (χ1) is 19.4. The number of sulfone groups is 1. The molecule has 2 aromatic rings. The van der Waals surface area contributed by atoms with E-state index >= 15 is 0 Å². The highest BCUT2D eigenvalue weighted by Gasteiger charge is 2.41. The van der Waals surface area contributed by atoms with Crippen LogP contribution in [0.4, 0.5) is 13.2 Å². The Bertz CT molecular complexity index is 1600. The van der Waals surface area contributed by atoms with Gasteiger partial charge in [-0.25, -0.2) is 21.8 Å². The summed E-state index contributed by atoms with van der Waals surface area (Å²) in [6, 6.07) is -0.891. The second kappa shape index (κ2) is 12.2. The molecule has 18 heteroatoms. The van der Waals surface area contributed by atoms with Gasteiger partial charge in [0, 0.05) is 11.6 Å². The fourth-order valence-corrected chi connectivity index (χ4v) is 10.2. The quantitative estimate of drug-likeness (QED) is 0.330. The van der Waals surface area contributed by atoms with Gasteiger partial charge in [0.25, 0.3) is 5.91 Å². The number of thiazole rings is 1. The molecule has 2 aliphatic carbocycles. The number of carboxylic acid groups (broad SMARTS) is 1. The van der Waals surface area contributed by atoms with Gasteiger partial charge in [0.2, 0.25) is 10.0 Å². The molecule has 4 rings (SSSR count). The standard InChI is InChI=1S/C24H26Cl2F3N3O7S3/c1-11(24(27,28)29)32-42(38,39)16-8-7-15(17(25)18(16)26)19-22(41(36,37)14-5-3-2-4-6-14)31-21(40-19)20(33)30-13-9-12(10-13)23(34)35/h7-8,11-14,32H,2-6,9-10H2,1H3,(H,30,33)(H,34,35)/t11-,12?,13?/m0/s1. The van der Waals surface area contributed by atoms with E-state index < -0.39 is 81.1 Å². The number of halogens is 5. The van der Waals surface area contributed by atoms with E-state index in [-0.39, 0.29) is 28.3 Å². The van der Waals surface area contributed by atoms with Crippen molar-refractivity contribution in [1.29, 1.82) is 0 Å². The molecule has 0 bridgehead atoms. The smallest absolute Gasteiger partial charge is 0.404 e. The van der Waals surface area contributed by atoms with Crippen LogP contribution in [0.2, 0.25) is 10.0 Å². The fourth-order valence-electron chi connectivity index (χ4n) is 4.76. The van der Waals surface area contributed by atoms with Crippen LogP contribution in [-0.2, 0) is 24.7 Å². The largest absolute Gasteiger partial charge is 0.481 e. The van der Waals surface area contributed by atoms with Crippen molar-refractivity contribution in [1.82, 2.24) is 15.0 Å². The van der Waals surface area contributed by atoms with Crippen molar-refractivity contribution in [2.24, 2.45) is 5.92 Å². The average molecular weight is 693 g/mol. The highest BCUT2D eigenvalue weighted by molar-refractivity contribution is 7.92. The molecule has 2 saturated carbocycles. The normalized spacial score (nSPS) is 21.0. The molecular formula is C24H26Cl2F3N3O7S3. The van der Waals surface area contributed by atoms with Gasteiger partial charge in [0.15, 0.2) is 19.9 Å². The molecular weight excluding hydrogens is 666 g/mol. The topological polar surface area (TPSA) is 160 Å². The third-order valence-corrected chi connectivity index (χ3v) is 13.3. The van der Waals surface area contributed by atoms with Crippen molar-refractivity contribution < 1.29 is 44.7 Å². The van der Waals surface area contributed by atoms with Crippen molar-refractivity contribution in [2.45, 2.75) is 85.3 Å². The Labute approximate surface area is 254 Å². The maximum atomic E-state index is 13.7. The third kappa shape index (κ3) is 6.73. The van der Waals surface area contributed by atoms with Crippen LogP contribution in [0.25, 0.3) is 10.4 Å². The molecule has 2 aliphatic rings. The van der Waals surface area contributed by atoms with Crippen LogP contribution in [0.5, 0.6) is 0 Å². The number of hydrogen-bond acceptors (Lipinski definition) is 8. The number of benzene rings is 1. The molecule has 42 heavy (non-hydrogen) atoms. The number of nitrogens with zero attached hydrogens (tertiary/aromatic N) is 1. The van der Waals surface area contributed by atoms with E-state index in [0.29, 0.717) is 43.9 Å². The number of nitrogens with one attached hydrogen (secondary N) is 2. The molecule has 232 valence electrons. The van der Waals surface area contributed by atoms with E-state index in [2.05, 4.69) is 10.3 Å². The van der Waals surface area contributed by atoms with Crippen LogP contribution in [0, 0.1) is 5.92 Å². The molecule has 3 N–H and O–H groups in total. The molecule has 2 fully saturated rings. The zero-order valence-corrected chi connectivity index (χ0v) is 25.8. The number of carbonyl (C=O) groups is 2. The summed E-state index contributed by atoms with van der Waals surface area (Å²) in [7, 11) is -8.91. The zero-order valence-electron chi connectivity index (χ0n) is 21.9. The molecule has 0 unspecified atom stereocenters. The van der Waals surface area contributed by atoms with E-state index in [1.807, 2.05) is 0 Å². The van der Waals surface area contributed by atoms with Crippen LogP contribution in [0.1, 0.15) is 61.7 Å². The Morgan fingerprint density at radius 1 is 1.07 bits per heavy atom. The predicted molar refractivity (Wildman–Crippen MR) is 149 cm³/mol. The minimum absolute atomic E-state index is 0.0787. The summed E-state index contributed by atoms with van der Waals surface area (Å²) < 4.78 is 93.3. The van der Waals surface area contributed by atoms with Crippen molar-refractivity contribution in [3.63, 3.8) is 0 Å². The Morgan fingerprint density at radius 3 is 2.26 bits per heavy atom. The van der Waals surface area contributed by atoms with Crippen molar-refractivity contribution in [2.75, 3.05) is 0 Å². The highest BCUT2D eigenvalue weighted by Crippen LogP contribution is 2.44. The summed E-state index contributed by atoms with van der Waals surface area (Å²) >= 11 is 13.3. The van der Waals surface area contributed by atoms with Crippen LogP contribution < -0.4 is 10.0 Å². The molecule has 0 saturated heterocycles. The number of aliphatic carboxylic acids is 1. The van der Waals surface area contributed by atoms with E-state index in [4.69, 9.17) is 28.3 Å². The number of carbonyl (C=O) groups excluding carboxylic acids is 1. The predicted octanol–water partition coefficient (Wildman–Crippen LogP) is 5.05. The lowest BCUT2D eigenvalue weighted by molar-refractivity contribution is -0.147. The van der Waals surface area contributed by atoms with Crippen LogP contribution in [0.15, 0.2) is 22.1 Å². The number of alkyl halides is 3. The van der Waals surface area contributed by atoms with E-state index in [1.165, 1.54) is 4.72 Å². The lowest BCUT2D eigenvalue weighted by atomic mass is 9.80. The van der Waals surface area contributed by atoms with E-state index in [9.17, 15) is 39.6 Å². The Balaban J connectivity index is 1.74. The molecule has 1 heterocycles. The first-order valence-electron chi connectivity index (χ1n) is 12.8. The first kappa shape index (κ1) is 32.9. The summed E-state index contributed by atoms with van der Waals surface area (Å²) in [5.74, 6) is -2.32. The average Bonchev–Trinajstić information content (AvgIpc) is 3.33. The molecule has 1 amide bonds. The van der Waals surface area contributed by atoms with Crippen LogP contribution >= 0.6 is 34.5 Å². The maximum absolute atomic E-state index is 13.7. The van der Waals surface area contributed by atoms with Gasteiger partial charge < -0.3 is 10.4 Å². The number of aromatic nitrogens is 1. The summed E-state index contributed by atoms with van der Waals surface area (Å²) in [4.78, 5) is 27.4.